The van der Waals surface area contributed by atoms with Crippen molar-refractivity contribution in [2.75, 3.05) is 0 Å². The van der Waals surface area contributed by atoms with Crippen LogP contribution in [0.2, 0.25) is 0 Å². The van der Waals surface area contributed by atoms with Crippen molar-refractivity contribution in [3.8, 4) is 0 Å². The van der Waals surface area contributed by atoms with Crippen molar-refractivity contribution in [2.24, 2.45) is 0 Å². The van der Waals surface area contributed by atoms with Gasteiger partial charge >= 0.3 is 0 Å². The maximum Gasteiger partial charge on any atom is 0.0211 e. The second kappa shape index (κ2) is 3.35. The van der Waals surface area contributed by atoms with Gasteiger partial charge in [0.15, 0.2) is 0 Å². The molecule has 1 heterocycles. The van der Waals surface area contributed by atoms with E-state index in [4.69, 9.17) is 0 Å². The lowest BCUT2D eigenvalue weighted by molar-refractivity contribution is 0.516. The zero-order valence-corrected chi connectivity index (χ0v) is 8.96. The van der Waals surface area contributed by atoms with Crippen molar-refractivity contribution in [3.63, 3.8) is 0 Å². The summed E-state index contributed by atoms with van der Waals surface area (Å²) in [4.78, 5) is 0. The Morgan fingerprint density at radius 1 is 1.13 bits per heavy atom. The minimum absolute atomic E-state index is 0.600. The third-order valence-corrected chi connectivity index (χ3v) is 3.29. The Hall–Kier alpha value is -1.34. The SMILES string of the molecule is CC1Cc2c(ccc3ccccc23)CN1. The van der Waals surface area contributed by atoms with Gasteiger partial charge < -0.3 is 5.32 Å². The smallest absolute Gasteiger partial charge is 0.0211 e. The summed E-state index contributed by atoms with van der Waals surface area (Å²) in [5, 5.41) is 6.30. The third-order valence-electron chi connectivity index (χ3n) is 3.29. The largest absolute Gasteiger partial charge is 0.310 e. The molecule has 2 aromatic rings. The molecule has 1 heteroatoms. The molecular formula is C14H15N. The zero-order valence-electron chi connectivity index (χ0n) is 8.96. The first-order chi connectivity index (χ1) is 7.34. The van der Waals surface area contributed by atoms with Crippen LogP contribution in [0.25, 0.3) is 10.8 Å². The van der Waals surface area contributed by atoms with Gasteiger partial charge in [-0.1, -0.05) is 36.4 Å². The van der Waals surface area contributed by atoms with Crippen LogP contribution in [-0.4, -0.2) is 6.04 Å². The number of hydrogen-bond donors (Lipinski definition) is 1. The molecule has 76 valence electrons. The molecule has 15 heavy (non-hydrogen) atoms. The molecule has 1 unspecified atom stereocenters. The summed E-state index contributed by atoms with van der Waals surface area (Å²) in [6.45, 7) is 3.27. The molecular weight excluding hydrogens is 182 g/mol. The molecule has 1 N–H and O–H groups in total. The molecule has 0 saturated carbocycles. The number of fused-ring (bicyclic) bond motifs is 3. The summed E-state index contributed by atoms with van der Waals surface area (Å²) in [6.07, 6.45) is 1.15. The van der Waals surface area contributed by atoms with Crippen LogP contribution in [0.5, 0.6) is 0 Å². The fourth-order valence-corrected chi connectivity index (χ4v) is 2.45. The van der Waals surface area contributed by atoms with Gasteiger partial charge in [-0.3, -0.25) is 0 Å². The van der Waals surface area contributed by atoms with E-state index in [1.807, 2.05) is 0 Å². The third kappa shape index (κ3) is 1.44. The molecule has 1 aliphatic heterocycles. The van der Waals surface area contributed by atoms with Crippen LogP contribution in [0.1, 0.15) is 18.1 Å². The molecule has 1 nitrogen and oxygen atoms in total. The van der Waals surface area contributed by atoms with E-state index in [-0.39, 0.29) is 0 Å². The second-order valence-electron chi connectivity index (χ2n) is 4.41. The lowest BCUT2D eigenvalue weighted by Gasteiger charge is -2.24. The first-order valence-electron chi connectivity index (χ1n) is 5.57. The van der Waals surface area contributed by atoms with Crippen molar-refractivity contribution in [1.82, 2.24) is 5.32 Å². The number of nitrogens with one attached hydrogen (secondary N) is 1. The summed E-state index contributed by atoms with van der Waals surface area (Å²) in [6, 6.07) is 13.8. The highest BCUT2D eigenvalue weighted by molar-refractivity contribution is 5.87. The summed E-state index contributed by atoms with van der Waals surface area (Å²) in [5.41, 5.74) is 3.01. The van der Waals surface area contributed by atoms with Crippen LogP contribution < -0.4 is 5.32 Å². The quantitative estimate of drug-likeness (QED) is 0.684. The summed E-state index contributed by atoms with van der Waals surface area (Å²) >= 11 is 0. The second-order valence-corrected chi connectivity index (χ2v) is 4.41. The Morgan fingerprint density at radius 3 is 2.93 bits per heavy atom. The molecule has 1 aliphatic rings. The number of rotatable bonds is 0. The molecule has 0 saturated heterocycles. The van der Waals surface area contributed by atoms with E-state index in [1.54, 1.807) is 5.56 Å². The van der Waals surface area contributed by atoms with Crippen LogP contribution in [-0.2, 0) is 13.0 Å². The standard InChI is InChI=1S/C14H15N/c1-10-8-14-12(9-15-10)7-6-11-4-2-3-5-13(11)14/h2-7,10,15H,8-9H2,1H3. The number of benzene rings is 2. The Labute approximate surface area is 90.1 Å². The first-order valence-corrected chi connectivity index (χ1v) is 5.57. The van der Waals surface area contributed by atoms with Gasteiger partial charge in [0, 0.05) is 12.6 Å². The van der Waals surface area contributed by atoms with Gasteiger partial charge in [0.05, 0.1) is 0 Å². The average Bonchev–Trinajstić information content (AvgIpc) is 2.29. The topological polar surface area (TPSA) is 12.0 Å². The van der Waals surface area contributed by atoms with Crippen molar-refractivity contribution >= 4 is 10.8 Å². The van der Waals surface area contributed by atoms with E-state index < -0.39 is 0 Å². The Morgan fingerprint density at radius 2 is 2.00 bits per heavy atom. The Kier molecular flexibility index (Phi) is 2.00. The monoisotopic (exact) mass is 197 g/mol. The van der Waals surface area contributed by atoms with E-state index in [0.717, 1.165) is 13.0 Å². The van der Waals surface area contributed by atoms with E-state index in [1.165, 1.54) is 16.3 Å². The van der Waals surface area contributed by atoms with Gasteiger partial charge in [-0.25, -0.2) is 0 Å². The molecule has 0 spiro atoms. The zero-order chi connectivity index (χ0) is 10.3. The molecule has 0 aliphatic carbocycles. The van der Waals surface area contributed by atoms with Crippen LogP contribution in [0.3, 0.4) is 0 Å². The summed E-state index contributed by atoms with van der Waals surface area (Å²) in [7, 11) is 0. The lowest BCUT2D eigenvalue weighted by Crippen LogP contribution is -2.32. The fraction of sp³-hybridized carbons (Fsp3) is 0.286. The predicted molar refractivity (Wildman–Crippen MR) is 64.0 cm³/mol. The lowest BCUT2D eigenvalue weighted by atomic mass is 9.91. The molecule has 1 atom stereocenters. The van der Waals surface area contributed by atoms with E-state index in [0.29, 0.717) is 6.04 Å². The van der Waals surface area contributed by atoms with Crippen LogP contribution >= 0.6 is 0 Å². The van der Waals surface area contributed by atoms with Gasteiger partial charge in [0.2, 0.25) is 0 Å². The van der Waals surface area contributed by atoms with Crippen LogP contribution in [0.4, 0.5) is 0 Å². The molecule has 2 aromatic carbocycles. The summed E-state index contributed by atoms with van der Waals surface area (Å²) in [5.74, 6) is 0. The van der Waals surface area contributed by atoms with Crippen molar-refractivity contribution in [2.45, 2.75) is 25.9 Å². The van der Waals surface area contributed by atoms with Crippen LogP contribution in [0.15, 0.2) is 36.4 Å². The Balaban J connectivity index is 2.28. The van der Waals surface area contributed by atoms with Crippen LogP contribution in [0, 0.1) is 0 Å². The van der Waals surface area contributed by atoms with E-state index >= 15 is 0 Å². The fourth-order valence-electron chi connectivity index (χ4n) is 2.45. The maximum absolute atomic E-state index is 3.50. The predicted octanol–water partition coefficient (Wildman–Crippen LogP) is 2.87. The number of hydrogen-bond acceptors (Lipinski definition) is 1. The van der Waals surface area contributed by atoms with Gasteiger partial charge in [0.1, 0.15) is 0 Å². The normalized spacial score (nSPS) is 20.2. The minimum atomic E-state index is 0.600. The van der Waals surface area contributed by atoms with Crippen molar-refractivity contribution in [1.29, 1.82) is 0 Å². The highest BCUT2D eigenvalue weighted by Gasteiger charge is 2.15. The highest BCUT2D eigenvalue weighted by atomic mass is 14.9. The van der Waals surface area contributed by atoms with Gasteiger partial charge in [0.25, 0.3) is 0 Å². The van der Waals surface area contributed by atoms with E-state index in [2.05, 4.69) is 48.6 Å². The molecule has 0 aromatic heterocycles. The molecule has 0 radical (unpaired) electrons. The average molecular weight is 197 g/mol. The van der Waals surface area contributed by atoms with Crippen molar-refractivity contribution < 1.29 is 0 Å². The summed E-state index contributed by atoms with van der Waals surface area (Å²) < 4.78 is 0. The maximum atomic E-state index is 3.50. The van der Waals surface area contributed by atoms with Gasteiger partial charge in [-0.15, -0.1) is 0 Å². The van der Waals surface area contributed by atoms with E-state index in [9.17, 15) is 0 Å². The highest BCUT2D eigenvalue weighted by Crippen LogP contribution is 2.26. The first kappa shape index (κ1) is 8.93. The molecule has 0 fully saturated rings. The van der Waals surface area contributed by atoms with Crippen molar-refractivity contribution in [3.05, 3.63) is 47.5 Å². The molecule has 0 bridgehead atoms. The van der Waals surface area contributed by atoms with Gasteiger partial charge in [-0.2, -0.15) is 0 Å². The molecule has 0 amide bonds. The molecule has 3 rings (SSSR count). The van der Waals surface area contributed by atoms with Gasteiger partial charge in [-0.05, 0) is 35.2 Å². The Bertz CT molecular complexity index is 502. The minimum Gasteiger partial charge on any atom is -0.310 e.